The molecule has 0 saturated carbocycles. The van der Waals surface area contributed by atoms with Crippen LogP contribution in [0.1, 0.15) is 28.5 Å². The third-order valence-electron chi connectivity index (χ3n) is 4.38. The summed E-state index contributed by atoms with van der Waals surface area (Å²) in [5, 5.41) is 7.24. The average Bonchev–Trinajstić information content (AvgIpc) is 3.19. The second-order valence-electron chi connectivity index (χ2n) is 6.80. The lowest BCUT2D eigenvalue weighted by Gasteiger charge is -2.18. The van der Waals surface area contributed by atoms with Crippen LogP contribution in [0.15, 0.2) is 52.7 Å². The van der Waals surface area contributed by atoms with E-state index in [9.17, 15) is 18.0 Å². The lowest BCUT2D eigenvalue weighted by atomic mass is 10.2. The van der Waals surface area contributed by atoms with Crippen LogP contribution in [0.2, 0.25) is 0 Å². The summed E-state index contributed by atoms with van der Waals surface area (Å²) in [6.45, 7) is 3.18. The summed E-state index contributed by atoms with van der Waals surface area (Å²) in [4.78, 5) is 30.4. The number of anilines is 2. The smallest absolute Gasteiger partial charge is 0.342 e. The predicted octanol–water partition coefficient (Wildman–Crippen LogP) is 3.15. The minimum atomic E-state index is -4.01. The zero-order chi connectivity index (χ0) is 23.5. The number of benzene rings is 2. The van der Waals surface area contributed by atoms with E-state index in [0.717, 1.165) is 11.6 Å². The number of ether oxygens (including phenoxy) is 2. The summed E-state index contributed by atoms with van der Waals surface area (Å²) in [6.07, 6.45) is 0. The van der Waals surface area contributed by atoms with Crippen molar-refractivity contribution in [3.63, 3.8) is 0 Å². The SMILES string of the molecule is COc1ccc(S(N)(=O)=O)cc1C(=O)OCc1csc(N(C(C)=O)c2cccc(C)c2)n1. The number of esters is 1. The molecule has 0 aliphatic carbocycles. The van der Waals surface area contributed by atoms with Crippen LogP contribution in [-0.4, -0.2) is 32.4 Å². The standard InChI is InChI=1S/C21H21N3O6S2/c1-13-5-4-6-16(9-13)24(14(2)25)21-23-15(12-31-21)11-30-20(26)18-10-17(32(22,27)28)7-8-19(18)29-3/h4-10,12H,11H2,1-3H3,(H2,22,27,28). The number of aryl methyl sites for hydroxylation is 1. The number of methoxy groups -OCH3 is 1. The maximum Gasteiger partial charge on any atom is 0.342 e. The van der Waals surface area contributed by atoms with Crippen molar-refractivity contribution in [3.8, 4) is 5.75 Å². The number of aromatic nitrogens is 1. The number of carbonyl (C=O) groups excluding carboxylic acids is 2. The fraction of sp³-hybridized carbons (Fsp3) is 0.190. The third-order valence-corrected chi connectivity index (χ3v) is 6.16. The molecule has 0 spiro atoms. The number of rotatable bonds is 7. The third kappa shape index (κ3) is 5.31. The van der Waals surface area contributed by atoms with E-state index in [4.69, 9.17) is 14.6 Å². The van der Waals surface area contributed by atoms with E-state index in [1.165, 1.54) is 42.4 Å². The molecule has 3 rings (SSSR count). The van der Waals surface area contributed by atoms with Crippen molar-refractivity contribution in [1.82, 2.24) is 4.98 Å². The zero-order valence-electron chi connectivity index (χ0n) is 17.6. The monoisotopic (exact) mass is 475 g/mol. The lowest BCUT2D eigenvalue weighted by molar-refractivity contribution is -0.115. The first-order chi connectivity index (χ1) is 15.1. The van der Waals surface area contributed by atoms with Gasteiger partial charge in [0.25, 0.3) is 0 Å². The summed E-state index contributed by atoms with van der Waals surface area (Å²) in [5.74, 6) is -0.870. The van der Waals surface area contributed by atoms with Crippen LogP contribution in [0.25, 0.3) is 0 Å². The van der Waals surface area contributed by atoms with Gasteiger partial charge in [0.05, 0.1) is 23.4 Å². The van der Waals surface area contributed by atoms with Gasteiger partial charge in [-0.2, -0.15) is 0 Å². The summed E-state index contributed by atoms with van der Waals surface area (Å²) in [5.41, 5.74) is 2.02. The molecule has 0 saturated heterocycles. The van der Waals surface area contributed by atoms with Crippen molar-refractivity contribution in [2.75, 3.05) is 12.0 Å². The Balaban J connectivity index is 1.79. The molecular weight excluding hydrogens is 454 g/mol. The highest BCUT2D eigenvalue weighted by Gasteiger charge is 2.21. The number of hydrogen-bond donors (Lipinski definition) is 1. The molecule has 11 heteroatoms. The molecule has 2 aromatic carbocycles. The van der Waals surface area contributed by atoms with Crippen LogP contribution in [0.3, 0.4) is 0 Å². The van der Waals surface area contributed by atoms with Crippen molar-refractivity contribution in [2.45, 2.75) is 25.3 Å². The van der Waals surface area contributed by atoms with Crippen molar-refractivity contribution in [2.24, 2.45) is 5.14 Å². The minimum Gasteiger partial charge on any atom is -0.496 e. The second kappa shape index (κ2) is 9.47. The molecule has 0 fully saturated rings. The van der Waals surface area contributed by atoms with E-state index in [0.29, 0.717) is 16.5 Å². The Bertz CT molecular complexity index is 1270. The minimum absolute atomic E-state index is 0.0837. The Hall–Kier alpha value is -3.28. The first-order valence-electron chi connectivity index (χ1n) is 9.30. The van der Waals surface area contributed by atoms with E-state index in [1.54, 1.807) is 11.4 Å². The Labute approximate surface area is 189 Å². The maximum absolute atomic E-state index is 12.6. The normalized spacial score (nSPS) is 11.1. The number of nitrogens with two attached hydrogens (primary N) is 1. The molecular formula is C21H21N3O6S2. The van der Waals surface area contributed by atoms with Crippen LogP contribution in [0.4, 0.5) is 10.8 Å². The molecule has 0 unspecified atom stereocenters. The van der Waals surface area contributed by atoms with Gasteiger partial charge in [-0.1, -0.05) is 12.1 Å². The molecule has 1 heterocycles. The molecule has 9 nitrogen and oxygen atoms in total. The number of carbonyl (C=O) groups is 2. The van der Waals surface area contributed by atoms with Crippen LogP contribution in [0, 0.1) is 6.92 Å². The van der Waals surface area contributed by atoms with Gasteiger partial charge in [0.1, 0.15) is 17.9 Å². The van der Waals surface area contributed by atoms with Crippen molar-refractivity contribution >= 4 is 44.1 Å². The number of nitrogens with zero attached hydrogens (tertiary/aromatic N) is 2. The molecule has 0 bridgehead atoms. The Morgan fingerprint density at radius 2 is 1.94 bits per heavy atom. The van der Waals surface area contributed by atoms with E-state index in [1.807, 2.05) is 25.1 Å². The van der Waals surface area contributed by atoms with Gasteiger partial charge < -0.3 is 9.47 Å². The van der Waals surface area contributed by atoms with Crippen LogP contribution < -0.4 is 14.8 Å². The van der Waals surface area contributed by atoms with Gasteiger partial charge in [-0.25, -0.2) is 23.3 Å². The van der Waals surface area contributed by atoms with Crippen molar-refractivity contribution in [3.05, 3.63) is 64.7 Å². The van der Waals surface area contributed by atoms with Gasteiger partial charge in [-0.05, 0) is 42.8 Å². The molecule has 0 radical (unpaired) electrons. The van der Waals surface area contributed by atoms with E-state index >= 15 is 0 Å². The molecule has 2 N–H and O–H groups in total. The summed E-state index contributed by atoms with van der Waals surface area (Å²) >= 11 is 1.23. The molecule has 1 aromatic heterocycles. The fourth-order valence-corrected chi connectivity index (χ4v) is 4.31. The maximum atomic E-state index is 12.6. The zero-order valence-corrected chi connectivity index (χ0v) is 19.2. The highest BCUT2D eigenvalue weighted by molar-refractivity contribution is 7.89. The largest absolute Gasteiger partial charge is 0.496 e. The first-order valence-corrected chi connectivity index (χ1v) is 11.7. The van der Waals surface area contributed by atoms with Crippen molar-refractivity contribution < 1.29 is 27.5 Å². The van der Waals surface area contributed by atoms with Gasteiger partial charge >= 0.3 is 5.97 Å². The topological polar surface area (TPSA) is 129 Å². The van der Waals surface area contributed by atoms with E-state index in [-0.39, 0.29) is 28.7 Å². The average molecular weight is 476 g/mol. The molecule has 3 aromatic rings. The Kier molecular flexibility index (Phi) is 6.92. The Morgan fingerprint density at radius 1 is 1.19 bits per heavy atom. The number of sulfonamides is 1. The second-order valence-corrected chi connectivity index (χ2v) is 9.20. The van der Waals surface area contributed by atoms with Crippen LogP contribution >= 0.6 is 11.3 Å². The van der Waals surface area contributed by atoms with Crippen molar-refractivity contribution in [1.29, 1.82) is 0 Å². The number of hydrogen-bond acceptors (Lipinski definition) is 8. The Morgan fingerprint density at radius 3 is 2.56 bits per heavy atom. The molecule has 0 aliphatic heterocycles. The van der Waals surface area contributed by atoms with E-state index in [2.05, 4.69) is 4.98 Å². The fourth-order valence-electron chi connectivity index (χ4n) is 2.90. The van der Waals surface area contributed by atoms with Gasteiger partial charge in [0.2, 0.25) is 15.9 Å². The van der Waals surface area contributed by atoms with E-state index < -0.39 is 16.0 Å². The summed E-state index contributed by atoms with van der Waals surface area (Å²) < 4.78 is 33.6. The number of amides is 1. The highest BCUT2D eigenvalue weighted by atomic mass is 32.2. The van der Waals surface area contributed by atoms with Crippen LogP contribution in [0.5, 0.6) is 5.75 Å². The molecule has 168 valence electrons. The summed E-state index contributed by atoms with van der Waals surface area (Å²) in [6, 6.07) is 11.1. The number of primary sulfonamides is 1. The summed E-state index contributed by atoms with van der Waals surface area (Å²) in [7, 11) is -2.66. The molecule has 0 atom stereocenters. The van der Waals surface area contributed by atoms with Gasteiger partial charge in [0, 0.05) is 12.3 Å². The van der Waals surface area contributed by atoms with Gasteiger partial charge in [-0.3, -0.25) is 9.69 Å². The number of thiazole rings is 1. The highest BCUT2D eigenvalue weighted by Crippen LogP contribution is 2.30. The first kappa shape index (κ1) is 23.4. The molecule has 0 aliphatic rings. The van der Waals surface area contributed by atoms with Gasteiger partial charge in [-0.15, -0.1) is 11.3 Å². The van der Waals surface area contributed by atoms with Gasteiger partial charge in [0.15, 0.2) is 5.13 Å². The lowest BCUT2D eigenvalue weighted by Crippen LogP contribution is -2.22. The quantitative estimate of drug-likeness (QED) is 0.520. The van der Waals surface area contributed by atoms with Crippen LogP contribution in [-0.2, 0) is 26.2 Å². The molecule has 32 heavy (non-hydrogen) atoms. The predicted molar refractivity (Wildman–Crippen MR) is 120 cm³/mol. The molecule has 1 amide bonds.